The molecule has 0 radical (unpaired) electrons. The zero-order valence-corrected chi connectivity index (χ0v) is 14.6. The number of oxime groups is 2. The molecule has 0 unspecified atom stereocenters. The molecule has 0 aliphatic carbocycles. The number of pyridine rings is 2. The molecule has 0 spiro atoms. The number of aromatic nitrogens is 2. The topological polar surface area (TPSA) is 117 Å². The fraction of sp³-hybridized carbons (Fsp3) is 0. The van der Waals surface area contributed by atoms with Gasteiger partial charge in [-0.1, -0.05) is 10.3 Å². The van der Waals surface area contributed by atoms with Gasteiger partial charge in [-0.3, -0.25) is 9.97 Å². The van der Waals surface area contributed by atoms with Gasteiger partial charge in [0, 0.05) is 35.9 Å². The summed E-state index contributed by atoms with van der Waals surface area (Å²) in [5.74, 6) is 2.42. The molecule has 8 heteroatoms. The van der Waals surface area contributed by atoms with Crippen LogP contribution in [0.3, 0.4) is 0 Å². The fourth-order valence-corrected chi connectivity index (χ4v) is 2.29. The summed E-state index contributed by atoms with van der Waals surface area (Å²) in [5.41, 5.74) is 1.79. The van der Waals surface area contributed by atoms with Crippen LogP contribution in [0.2, 0.25) is 0 Å². The van der Waals surface area contributed by atoms with Gasteiger partial charge in [-0.15, -0.1) is 0 Å². The molecule has 0 aromatic carbocycles. The molecule has 4 rings (SSSR count). The number of rotatable bonds is 4. The van der Waals surface area contributed by atoms with Crippen molar-refractivity contribution in [1.29, 1.82) is 0 Å². The van der Waals surface area contributed by atoms with Crippen LogP contribution in [0.1, 0.15) is 11.5 Å². The standard InChI is InChI=1S/2C10H8N2O2/c2*13-12-7-9-3-4-10(14-9)8-2-1-5-11-6-8/h2*1-7,13H/b12-7+;12-7-. The predicted octanol–water partition coefficient (Wildman–Crippen LogP) is 4.30. The maximum atomic E-state index is 8.30. The quantitative estimate of drug-likeness (QED) is 0.311. The molecule has 0 saturated carbocycles. The zero-order valence-electron chi connectivity index (χ0n) is 14.6. The third kappa shape index (κ3) is 4.92. The van der Waals surface area contributed by atoms with E-state index in [0.717, 1.165) is 11.1 Å². The maximum Gasteiger partial charge on any atom is 0.149 e. The van der Waals surface area contributed by atoms with Crippen LogP contribution < -0.4 is 0 Å². The van der Waals surface area contributed by atoms with Crippen LogP contribution in [-0.4, -0.2) is 32.8 Å². The van der Waals surface area contributed by atoms with Crippen LogP contribution in [0.15, 0.2) is 92.5 Å². The van der Waals surface area contributed by atoms with Crippen LogP contribution in [-0.2, 0) is 0 Å². The van der Waals surface area contributed by atoms with Crippen LogP contribution in [0.4, 0.5) is 0 Å². The highest BCUT2D eigenvalue weighted by Crippen LogP contribution is 2.20. The largest absolute Gasteiger partial charge is 0.455 e. The highest BCUT2D eigenvalue weighted by atomic mass is 16.4. The van der Waals surface area contributed by atoms with E-state index in [4.69, 9.17) is 19.2 Å². The maximum absolute atomic E-state index is 8.30. The van der Waals surface area contributed by atoms with E-state index < -0.39 is 0 Å². The van der Waals surface area contributed by atoms with E-state index in [1.54, 1.807) is 49.1 Å². The van der Waals surface area contributed by atoms with Gasteiger partial charge in [0.1, 0.15) is 35.5 Å². The van der Waals surface area contributed by atoms with E-state index in [1.165, 1.54) is 12.4 Å². The van der Waals surface area contributed by atoms with Gasteiger partial charge in [-0.2, -0.15) is 0 Å². The van der Waals surface area contributed by atoms with Gasteiger partial charge in [0.05, 0.1) is 0 Å². The minimum Gasteiger partial charge on any atom is -0.455 e. The van der Waals surface area contributed by atoms with Crippen LogP contribution in [0, 0.1) is 0 Å². The van der Waals surface area contributed by atoms with Crippen molar-refractivity contribution in [3.8, 4) is 22.6 Å². The fourth-order valence-electron chi connectivity index (χ4n) is 2.29. The first-order valence-electron chi connectivity index (χ1n) is 8.15. The lowest BCUT2D eigenvalue weighted by Gasteiger charge is -1.93. The van der Waals surface area contributed by atoms with E-state index in [1.807, 2.05) is 24.3 Å². The van der Waals surface area contributed by atoms with Gasteiger partial charge in [-0.05, 0) is 48.5 Å². The predicted molar refractivity (Wildman–Crippen MR) is 103 cm³/mol. The summed E-state index contributed by atoms with van der Waals surface area (Å²) in [5, 5.41) is 22.4. The minimum atomic E-state index is 0.506. The first kappa shape index (κ1) is 18.6. The van der Waals surface area contributed by atoms with Gasteiger partial charge in [0.25, 0.3) is 0 Å². The molecule has 0 fully saturated rings. The molecule has 0 atom stereocenters. The molecule has 0 amide bonds. The van der Waals surface area contributed by atoms with Gasteiger partial charge in [-0.25, -0.2) is 0 Å². The molecule has 140 valence electrons. The molecule has 0 aliphatic heterocycles. The molecule has 0 bridgehead atoms. The Morgan fingerprint density at radius 2 is 1.14 bits per heavy atom. The number of hydrogen-bond donors (Lipinski definition) is 2. The Morgan fingerprint density at radius 1 is 0.679 bits per heavy atom. The summed E-state index contributed by atoms with van der Waals surface area (Å²) in [6.45, 7) is 0. The molecule has 28 heavy (non-hydrogen) atoms. The lowest BCUT2D eigenvalue weighted by atomic mass is 10.2. The zero-order chi connectivity index (χ0) is 19.6. The molecular formula is C20H16N4O4. The molecule has 0 aliphatic rings. The van der Waals surface area contributed by atoms with Crippen molar-refractivity contribution >= 4 is 12.4 Å². The second kappa shape index (κ2) is 9.48. The summed E-state index contributed by atoms with van der Waals surface area (Å²) >= 11 is 0. The molecule has 2 N–H and O–H groups in total. The summed E-state index contributed by atoms with van der Waals surface area (Å²) in [6, 6.07) is 14.5. The Labute approximate surface area is 160 Å². The molecule has 4 aromatic rings. The van der Waals surface area contributed by atoms with Crippen molar-refractivity contribution in [3.63, 3.8) is 0 Å². The second-order valence-corrected chi connectivity index (χ2v) is 5.38. The molecule has 8 nitrogen and oxygen atoms in total. The Balaban J connectivity index is 0.000000161. The number of nitrogens with zero attached hydrogens (tertiary/aromatic N) is 4. The second-order valence-electron chi connectivity index (χ2n) is 5.38. The van der Waals surface area contributed by atoms with E-state index >= 15 is 0 Å². The summed E-state index contributed by atoms with van der Waals surface area (Å²) in [6.07, 6.45) is 9.28. The van der Waals surface area contributed by atoms with Crippen LogP contribution in [0.5, 0.6) is 0 Å². The van der Waals surface area contributed by atoms with Crippen molar-refractivity contribution < 1.29 is 19.2 Å². The van der Waals surface area contributed by atoms with Crippen molar-refractivity contribution in [2.75, 3.05) is 0 Å². The minimum absolute atomic E-state index is 0.506. The third-order valence-electron chi connectivity index (χ3n) is 3.52. The van der Waals surface area contributed by atoms with Gasteiger partial charge < -0.3 is 19.2 Å². The average molecular weight is 376 g/mol. The molecule has 4 aromatic heterocycles. The van der Waals surface area contributed by atoms with Crippen LogP contribution in [0.25, 0.3) is 22.6 Å². The van der Waals surface area contributed by atoms with E-state index in [0.29, 0.717) is 23.0 Å². The third-order valence-corrected chi connectivity index (χ3v) is 3.52. The average Bonchev–Trinajstić information content (AvgIpc) is 3.41. The lowest BCUT2D eigenvalue weighted by Crippen LogP contribution is -1.75. The summed E-state index contributed by atoms with van der Waals surface area (Å²) in [4.78, 5) is 7.95. The SMILES string of the molecule is O/N=C/c1ccc(-c2cccnc2)o1.O/N=C\c1ccc(-c2cccnc2)o1. The molecule has 0 saturated heterocycles. The lowest BCUT2D eigenvalue weighted by molar-refractivity contribution is 0.320. The summed E-state index contributed by atoms with van der Waals surface area (Å²) < 4.78 is 10.7. The normalized spacial score (nSPS) is 10.9. The summed E-state index contributed by atoms with van der Waals surface area (Å²) in [7, 11) is 0. The van der Waals surface area contributed by atoms with E-state index in [2.05, 4.69) is 20.3 Å². The first-order chi connectivity index (χ1) is 13.8. The van der Waals surface area contributed by atoms with Crippen molar-refractivity contribution in [2.45, 2.75) is 0 Å². The molecule has 4 heterocycles. The number of furan rings is 2. The van der Waals surface area contributed by atoms with E-state index in [-0.39, 0.29) is 0 Å². The Bertz CT molecular complexity index is 955. The van der Waals surface area contributed by atoms with Crippen molar-refractivity contribution in [1.82, 2.24) is 9.97 Å². The molecular weight excluding hydrogens is 360 g/mol. The monoisotopic (exact) mass is 376 g/mol. The van der Waals surface area contributed by atoms with Crippen molar-refractivity contribution in [3.05, 3.63) is 84.8 Å². The highest BCUT2D eigenvalue weighted by Gasteiger charge is 2.03. The Hall–Kier alpha value is -4.20. The Kier molecular flexibility index (Phi) is 6.30. The smallest absolute Gasteiger partial charge is 0.149 e. The number of hydrogen-bond acceptors (Lipinski definition) is 8. The highest BCUT2D eigenvalue weighted by molar-refractivity contribution is 5.77. The van der Waals surface area contributed by atoms with Crippen molar-refractivity contribution in [2.24, 2.45) is 10.3 Å². The van der Waals surface area contributed by atoms with Crippen LogP contribution >= 0.6 is 0 Å². The Morgan fingerprint density at radius 3 is 1.50 bits per heavy atom. The first-order valence-corrected chi connectivity index (χ1v) is 8.15. The van der Waals surface area contributed by atoms with Gasteiger partial charge >= 0.3 is 0 Å². The van der Waals surface area contributed by atoms with Gasteiger partial charge in [0.15, 0.2) is 0 Å². The van der Waals surface area contributed by atoms with E-state index in [9.17, 15) is 0 Å². The van der Waals surface area contributed by atoms with Gasteiger partial charge in [0.2, 0.25) is 0 Å².